The number of nitrogens with zero attached hydrogens (tertiary/aromatic N) is 1. The van der Waals surface area contributed by atoms with Crippen LogP contribution in [0.5, 0.6) is 0 Å². The first kappa shape index (κ1) is 12.5. The molecule has 0 aromatic rings. The first-order valence-corrected chi connectivity index (χ1v) is 5.27. The van der Waals surface area contributed by atoms with Crippen LogP contribution in [-0.2, 0) is 4.79 Å². The highest BCUT2D eigenvalue weighted by atomic mass is 16.1. The molecule has 0 saturated heterocycles. The summed E-state index contributed by atoms with van der Waals surface area (Å²) in [5, 5.41) is 0. The van der Waals surface area contributed by atoms with Gasteiger partial charge in [0.25, 0.3) is 0 Å². The predicted molar refractivity (Wildman–Crippen MR) is 56.5 cm³/mol. The lowest BCUT2D eigenvalue weighted by atomic mass is 9.90. The minimum absolute atomic E-state index is 0.662. The number of hydrogen-bond acceptors (Lipinski definition) is 1. The summed E-state index contributed by atoms with van der Waals surface area (Å²) in [7, 11) is 1.86. The maximum Gasteiger partial charge on any atom is 0.209 e. The number of carbonyl (C=O) groups excluding carboxylic acids is 1. The van der Waals surface area contributed by atoms with Gasteiger partial charge in [-0.25, -0.2) is 0 Å². The van der Waals surface area contributed by atoms with Crippen molar-refractivity contribution in [3.05, 3.63) is 0 Å². The van der Waals surface area contributed by atoms with Gasteiger partial charge in [0.05, 0.1) is 0 Å². The summed E-state index contributed by atoms with van der Waals surface area (Å²) < 4.78 is 0. The van der Waals surface area contributed by atoms with Crippen LogP contribution < -0.4 is 0 Å². The van der Waals surface area contributed by atoms with Crippen molar-refractivity contribution in [2.24, 2.45) is 11.8 Å². The Hall–Kier alpha value is -0.530. The first-order chi connectivity index (χ1) is 6.11. The van der Waals surface area contributed by atoms with Crippen molar-refractivity contribution in [3.63, 3.8) is 0 Å². The van der Waals surface area contributed by atoms with E-state index in [9.17, 15) is 4.79 Å². The Kier molecular flexibility index (Phi) is 6.65. The molecule has 0 aliphatic rings. The van der Waals surface area contributed by atoms with E-state index in [1.807, 2.05) is 7.05 Å². The lowest BCUT2D eigenvalue weighted by Crippen LogP contribution is -2.27. The van der Waals surface area contributed by atoms with E-state index in [1.165, 1.54) is 19.3 Å². The molecule has 0 aromatic heterocycles. The number of amides is 1. The normalized spacial score (nSPS) is 13.0. The highest BCUT2D eigenvalue weighted by Crippen LogP contribution is 2.18. The zero-order chi connectivity index (χ0) is 10.3. The Balaban J connectivity index is 3.86. The van der Waals surface area contributed by atoms with E-state index in [1.54, 1.807) is 4.90 Å². The molecule has 0 bridgehead atoms. The standard InChI is InChI=1S/C11H23NO/c1-5-6-7-11(10(2)3)8-12(4)9-13/h9-11H,5-8H2,1-4H3. The summed E-state index contributed by atoms with van der Waals surface area (Å²) in [6, 6.07) is 0. The maximum atomic E-state index is 10.5. The molecule has 0 aliphatic carbocycles. The first-order valence-electron chi connectivity index (χ1n) is 5.27. The Morgan fingerprint density at radius 1 is 1.38 bits per heavy atom. The molecule has 0 saturated carbocycles. The Bertz CT molecular complexity index is 134. The van der Waals surface area contributed by atoms with Crippen LogP contribution in [0.4, 0.5) is 0 Å². The van der Waals surface area contributed by atoms with E-state index in [-0.39, 0.29) is 0 Å². The van der Waals surface area contributed by atoms with Crippen molar-refractivity contribution in [2.45, 2.75) is 40.0 Å². The van der Waals surface area contributed by atoms with Gasteiger partial charge in [-0.05, 0) is 18.3 Å². The molecule has 0 radical (unpaired) electrons. The van der Waals surface area contributed by atoms with Crippen LogP contribution in [0.2, 0.25) is 0 Å². The smallest absolute Gasteiger partial charge is 0.209 e. The molecular weight excluding hydrogens is 162 g/mol. The van der Waals surface area contributed by atoms with Gasteiger partial charge in [0.15, 0.2) is 0 Å². The molecule has 2 nitrogen and oxygen atoms in total. The minimum Gasteiger partial charge on any atom is -0.348 e. The Labute approximate surface area is 82.3 Å². The average molecular weight is 185 g/mol. The van der Waals surface area contributed by atoms with Gasteiger partial charge < -0.3 is 4.90 Å². The number of carbonyl (C=O) groups is 1. The molecule has 0 aromatic carbocycles. The number of hydrogen-bond donors (Lipinski definition) is 0. The summed E-state index contributed by atoms with van der Waals surface area (Å²) in [5.41, 5.74) is 0. The fraction of sp³-hybridized carbons (Fsp3) is 0.909. The summed E-state index contributed by atoms with van der Waals surface area (Å²) in [4.78, 5) is 12.2. The summed E-state index contributed by atoms with van der Waals surface area (Å²) in [5.74, 6) is 1.34. The highest BCUT2D eigenvalue weighted by molar-refractivity contribution is 5.46. The van der Waals surface area contributed by atoms with Gasteiger partial charge in [-0.3, -0.25) is 4.79 Å². The SMILES string of the molecule is CCCCC(CN(C)C=O)C(C)C. The van der Waals surface area contributed by atoms with Crippen LogP contribution in [0.1, 0.15) is 40.0 Å². The fourth-order valence-corrected chi connectivity index (χ4v) is 1.51. The van der Waals surface area contributed by atoms with E-state index >= 15 is 0 Å². The second kappa shape index (κ2) is 6.93. The van der Waals surface area contributed by atoms with Crippen LogP contribution in [0.3, 0.4) is 0 Å². The third-order valence-corrected chi connectivity index (χ3v) is 2.57. The summed E-state index contributed by atoms with van der Waals surface area (Å²) >= 11 is 0. The molecule has 0 fully saturated rings. The molecule has 0 heterocycles. The van der Waals surface area contributed by atoms with E-state index in [0.29, 0.717) is 11.8 Å². The number of rotatable bonds is 7. The van der Waals surface area contributed by atoms with Gasteiger partial charge in [-0.1, -0.05) is 33.6 Å². The molecular formula is C11H23NO. The molecule has 1 unspecified atom stereocenters. The molecule has 0 N–H and O–H groups in total. The number of unbranched alkanes of at least 4 members (excludes halogenated alkanes) is 1. The van der Waals surface area contributed by atoms with Gasteiger partial charge >= 0.3 is 0 Å². The van der Waals surface area contributed by atoms with Crippen molar-refractivity contribution in [3.8, 4) is 0 Å². The van der Waals surface area contributed by atoms with E-state index in [0.717, 1.165) is 13.0 Å². The van der Waals surface area contributed by atoms with Crippen LogP contribution in [-0.4, -0.2) is 24.9 Å². The third-order valence-electron chi connectivity index (χ3n) is 2.57. The van der Waals surface area contributed by atoms with E-state index in [4.69, 9.17) is 0 Å². The second-order valence-electron chi connectivity index (χ2n) is 4.19. The molecule has 1 atom stereocenters. The predicted octanol–water partition coefficient (Wildman–Crippen LogP) is 2.54. The molecule has 1 amide bonds. The van der Waals surface area contributed by atoms with Gasteiger partial charge in [-0.2, -0.15) is 0 Å². The van der Waals surface area contributed by atoms with Crippen molar-refractivity contribution in [1.82, 2.24) is 4.90 Å². The van der Waals surface area contributed by atoms with Crippen LogP contribution in [0.15, 0.2) is 0 Å². The second-order valence-corrected chi connectivity index (χ2v) is 4.19. The summed E-state index contributed by atoms with van der Waals surface area (Å²) in [6.07, 6.45) is 4.68. The van der Waals surface area contributed by atoms with Crippen LogP contribution >= 0.6 is 0 Å². The topological polar surface area (TPSA) is 20.3 Å². The molecule has 0 aliphatic heterocycles. The minimum atomic E-state index is 0.662. The van der Waals surface area contributed by atoms with Crippen molar-refractivity contribution in [1.29, 1.82) is 0 Å². The Morgan fingerprint density at radius 2 is 2.00 bits per heavy atom. The zero-order valence-corrected chi connectivity index (χ0v) is 9.42. The molecule has 78 valence electrons. The van der Waals surface area contributed by atoms with Gasteiger partial charge in [-0.15, -0.1) is 0 Å². The van der Waals surface area contributed by atoms with Crippen molar-refractivity contribution >= 4 is 6.41 Å². The third kappa shape index (κ3) is 5.67. The largest absolute Gasteiger partial charge is 0.348 e. The van der Waals surface area contributed by atoms with Crippen LogP contribution in [0.25, 0.3) is 0 Å². The fourth-order valence-electron chi connectivity index (χ4n) is 1.51. The monoisotopic (exact) mass is 185 g/mol. The molecule has 13 heavy (non-hydrogen) atoms. The van der Waals surface area contributed by atoms with E-state index in [2.05, 4.69) is 20.8 Å². The lowest BCUT2D eigenvalue weighted by molar-refractivity contribution is -0.117. The quantitative estimate of drug-likeness (QED) is 0.558. The van der Waals surface area contributed by atoms with Crippen molar-refractivity contribution < 1.29 is 4.79 Å². The lowest BCUT2D eigenvalue weighted by Gasteiger charge is -2.24. The van der Waals surface area contributed by atoms with Gasteiger partial charge in [0.1, 0.15) is 0 Å². The molecule has 2 heteroatoms. The maximum absolute atomic E-state index is 10.5. The van der Waals surface area contributed by atoms with Crippen molar-refractivity contribution in [2.75, 3.05) is 13.6 Å². The molecule has 0 spiro atoms. The molecule has 0 rings (SSSR count). The zero-order valence-electron chi connectivity index (χ0n) is 9.42. The van der Waals surface area contributed by atoms with Gasteiger partial charge in [0.2, 0.25) is 6.41 Å². The van der Waals surface area contributed by atoms with E-state index < -0.39 is 0 Å². The van der Waals surface area contributed by atoms with Gasteiger partial charge in [0, 0.05) is 13.6 Å². The van der Waals surface area contributed by atoms with Crippen LogP contribution in [0, 0.1) is 11.8 Å². The average Bonchev–Trinajstić information content (AvgIpc) is 2.11. The summed E-state index contributed by atoms with van der Waals surface area (Å²) in [6.45, 7) is 7.58. The Morgan fingerprint density at radius 3 is 2.38 bits per heavy atom. The highest BCUT2D eigenvalue weighted by Gasteiger charge is 2.14.